The Morgan fingerprint density at radius 1 is 0.339 bits per heavy atom. The van der Waals surface area contributed by atoms with Gasteiger partial charge in [0.2, 0.25) is 23.5 Å². The molecule has 577 valence electrons. The van der Waals surface area contributed by atoms with E-state index in [4.69, 9.17) is 43.9 Å². The molecule has 13 aromatic rings. The second kappa shape index (κ2) is 44.9. The van der Waals surface area contributed by atoms with Gasteiger partial charge in [0.05, 0.1) is 68.0 Å². The van der Waals surface area contributed by atoms with Gasteiger partial charge in [-0.15, -0.1) is 63.8 Å². The number of aromatic nitrogens is 6. The minimum atomic E-state index is -1.63. The van der Waals surface area contributed by atoms with Gasteiger partial charge in [0.1, 0.15) is 11.6 Å². The summed E-state index contributed by atoms with van der Waals surface area (Å²) >= 11 is 0. The molecule has 0 spiro atoms. The average molecular weight is 2030 g/mol. The fourth-order valence-electron chi connectivity index (χ4n) is 10.4. The Bertz CT molecular complexity index is 4510. The number of aliphatic hydroxyl groups is 6. The molecule has 10 aromatic carbocycles. The van der Waals surface area contributed by atoms with Crippen LogP contribution in [0, 0.1) is 53.1 Å². The van der Waals surface area contributed by atoms with E-state index in [-0.39, 0.29) is 96.9 Å². The van der Waals surface area contributed by atoms with Crippen LogP contribution in [0.15, 0.2) is 226 Å². The van der Waals surface area contributed by atoms with Crippen molar-refractivity contribution in [3.05, 3.63) is 265 Å². The summed E-state index contributed by atoms with van der Waals surface area (Å²) in [7, 11) is 1.80. The predicted molar refractivity (Wildman–Crippen MR) is 391 cm³/mol. The van der Waals surface area contributed by atoms with Crippen LogP contribution in [0.1, 0.15) is 60.8 Å². The maximum absolute atomic E-state index is 14.3. The van der Waals surface area contributed by atoms with Crippen molar-refractivity contribution in [2.24, 2.45) is 0 Å². The van der Waals surface area contributed by atoms with E-state index in [9.17, 15) is 26.3 Å². The molecule has 0 fully saturated rings. The van der Waals surface area contributed by atoms with Crippen molar-refractivity contribution in [3.8, 4) is 125 Å². The number of hydrogen-bond acceptors (Lipinski definition) is 17. The SMILES string of the molecule is CC(O)CC(C)O.CC(O)CC(C)O.CC(O)CC(C)O.COc1c(F)c(F)[c-]c(-c2nnc(-c3cc(F)c(F)c(OC)c3F)o2)c1F.[Ir].[Ir].[Ir].[c-]1cc(-c2ccccc2)ccc1-c1nnc(-c2ccc(-c3ccccc3)cc2)o1.[c-]1cccc(-c2ccccc2)c1-c1nnc(-c2ccccc2-c2ccccc2)o1. The average Bonchev–Trinajstić information content (AvgIpc) is 1.73. The molecular formula is C83H77F6Ir3N6O11-3. The van der Waals surface area contributed by atoms with Gasteiger partial charge in [0, 0.05) is 71.4 Å². The molecule has 6 unspecified atom stereocenters. The quantitative estimate of drug-likeness (QED) is 0.0265. The minimum Gasteiger partial charge on any atom is -0.510 e. The van der Waals surface area contributed by atoms with Crippen LogP contribution in [0.3, 0.4) is 0 Å². The first-order valence-electron chi connectivity index (χ1n) is 33.3. The zero-order valence-electron chi connectivity index (χ0n) is 60.0. The normalized spacial score (nSPS) is 12.1. The van der Waals surface area contributed by atoms with Crippen LogP contribution in [0.25, 0.3) is 113 Å². The smallest absolute Gasteiger partial charge is 0.240 e. The third-order valence-corrected chi connectivity index (χ3v) is 15.1. The van der Waals surface area contributed by atoms with Gasteiger partial charge in [-0.3, -0.25) is 8.78 Å². The molecule has 3 heterocycles. The van der Waals surface area contributed by atoms with Gasteiger partial charge in [-0.1, -0.05) is 191 Å². The molecule has 0 amide bonds. The first-order chi connectivity index (χ1) is 50.9. The zero-order chi connectivity index (χ0) is 76.4. The first kappa shape index (κ1) is 90.1. The summed E-state index contributed by atoms with van der Waals surface area (Å²) in [4.78, 5) is 0. The van der Waals surface area contributed by atoms with Gasteiger partial charge in [0.25, 0.3) is 0 Å². The number of halogens is 6. The summed E-state index contributed by atoms with van der Waals surface area (Å²) in [6.07, 6.45) is -0.833. The van der Waals surface area contributed by atoms with Crippen molar-refractivity contribution in [2.45, 2.75) is 97.4 Å². The molecule has 0 aliphatic heterocycles. The Kier molecular flexibility index (Phi) is 37.1. The van der Waals surface area contributed by atoms with Crippen LogP contribution in [-0.4, -0.2) is 112 Å². The third kappa shape index (κ3) is 26.1. The fraction of sp³-hybridized carbons (Fsp3) is 0.205. The molecule has 0 saturated carbocycles. The van der Waals surface area contributed by atoms with Crippen molar-refractivity contribution >= 4 is 0 Å². The Balaban J connectivity index is 0.000000255. The number of aliphatic hydroxyl groups excluding tert-OH is 6. The number of nitrogens with zero attached hydrogens (tertiary/aromatic N) is 6. The molecule has 26 heteroatoms. The van der Waals surface area contributed by atoms with E-state index in [1.807, 2.05) is 140 Å². The molecule has 0 aliphatic rings. The summed E-state index contributed by atoms with van der Waals surface area (Å²) < 4.78 is 108. The molecule has 3 aromatic heterocycles. The van der Waals surface area contributed by atoms with E-state index in [0.29, 0.717) is 48.9 Å². The van der Waals surface area contributed by atoms with Crippen LogP contribution in [-0.2, 0) is 60.3 Å². The van der Waals surface area contributed by atoms with Gasteiger partial charge in [0.15, 0.2) is 35.1 Å². The summed E-state index contributed by atoms with van der Waals surface area (Å²) in [5, 5.41) is 75.2. The fourth-order valence-corrected chi connectivity index (χ4v) is 10.4. The zero-order valence-corrected chi connectivity index (χ0v) is 67.2. The predicted octanol–water partition coefficient (Wildman–Crippen LogP) is 17.5. The van der Waals surface area contributed by atoms with E-state index >= 15 is 0 Å². The standard InChI is InChI=1S/2C26H17N2O.C16H7F6N2O3.3C5H12O2.3Ir/c1-3-11-19(12-4-1)21-15-7-9-17-23(21)25-27-28-26(29-25)24-18-10-8-16-22(24)20-13-5-2-6-14-20;1-3-7-19(8-4-1)21-11-15-23(16-12-21)25-27-28-26(29-25)24-17-13-22(14-18-24)20-9-5-2-6-10-20;1-25-13-9(19)5(3-7(17)11(13)21)15-23-24-16(27-15)6-4-8(18)12(22)14(26-2)10(6)20;3*1-4(6)3-5(2)7;;;/h2*1-17H;3H,1-2H3;3*4-7H,3H2,1-2H3;;;/q3*-1;;;;;;. The van der Waals surface area contributed by atoms with E-state index in [1.54, 1.807) is 47.6 Å². The largest absolute Gasteiger partial charge is 0.510 e. The summed E-state index contributed by atoms with van der Waals surface area (Å²) in [5.74, 6) is -10.7. The van der Waals surface area contributed by atoms with Gasteiger partial charge < -0.3 is 53.4 Å². The maximum Gasteiger partial charge on any atom is 0.240 e. The van der Waals surface area contributed by atoms with Crippen molar-refractivity contribution in [1.29, 1.82) is 0 Å². The number of rotatable bonds is 18. The second-order valence-electron chi connectivity index (χ2n) is 24.1. The first-order valence-corrected chi connectivity index (χ1v) is 33.3. The van der Waals surface area contributed by atoms with E-state index < -0.39 is 69.3 Å². The summed E-state index contributed by atoms with van der Waals surface area (Å²) in [6.45, 7) is 9.96. The van der Waals surface area contributed by atoms with Crippen molar-refractivity contribution in [3.63, 3.8) is 0 Å². The molecular weight excluding hydrogens is 1950 g/mol. The van der Waals surface area contributed by atoms with E-state index in [1.165, 1.54) is 5.56 Å². The van der Waals surface area contributed by atoms with Crippen molar-refractivity contribution in [2.75, 3.05) is 14.2 Å². The van der Waals surface area contributed by atoms with Crippen LogP contribution in [0.2, 0.25) is 0 Å². The molecule has 0 bridgehead atoms. The Morgan fingerprint density at radius 3 is 1.17 bits per heavy atom. The third-order valence-electron chi connectivity index (χ3n) is 15.1. The Labute approximate surface area is 667 Å². The molecule has 6 N–H and O–H groups in total. The molecule has 109 heavy (non-hydrogen) atoms. The molecule has 3 radical (unpaired) electrons. The number of ether oxygens (including phenoxy) is 2. The van der Waals surface area contributed by atoms with Crippen LogP contribution >= 0.6 is 0 Å². The van der Waals surface area contributed by atoms with E-state index in [0.717, 1.165) is 75.4 Å². The molecule has 6 atom stereocenters. The van der Waals surface area contributed by atoms with Gasteiger partial charge >= 0.3 is 0 Å². The monoisotopic (exact) mass is 2030 g/mol. The number of hydrogen-bond donors (Lipinski definition) is 6. The van der Waals surface area contributed by atoms with Gasteiger partial charge in [-0.05, 0) is 113 Å². The maximum atomic E-state index is 14.3. The Hall–Kier alpha value is -9.49. The van der Waals surface area contributed by atoms with Gasteiger partial charge in [-0.2, -0.15) is 19.7 Å². The van der Waals surface area contributed by atoms with Crippen LogP contribution in [0.4, 0.5) is 26.3 Å². The molecule has 0 aliphatic carbocycles. The Morgan fingerprint density at radius 2 is 0.706 bits per heavy atom. The molecule has 0 saturated heterocycles. The molecule has 17 nitrogen and oxygen atoms in total. The summed E-state index contributed by atoms with van der Waals surface area (Å²) in [6, 6.07) is 77.5. The minimum absolute atomic E-state index is 0. The molecule has 13 rings (SSSR count). The van der Waals surface area contributed by atoms with Crippen LogP contribution < -0.4 is 9.47 Å². The second-order valence-corrected chi connectivity index (χ2v) is 24.1. The summed E-state index contributed by atoms with van der Waals surface area (Å²) in [5.41, 5.74) is 10.7. The van der Waals surface area contributed by atoms with Crippen molar-refractivity contribution < 1.29 is 140 Å². The van der Waals surface area contributed by atoms with Crippen molar-refractivity contribution in [1.82, 2.24) is 30.6 Å². The van der Waals surface area contributed by atoms with Gasteiger partial charge in [-0.25, -0.2) is 13.2 Å². The van der Waals surface area contributed by atoms with Crippen LogP contribution in [0.5, 0.6) is 11.5 Å². The van der Waals surface area contributed by atoms with E-state index in [2.05, 4.69) is 119 Å². The number of methoxy groups -OCH3 is 2. The number of benzene rings is 10. The topological polar surface area (TPSA) is 257 Å².